The van der Waals surface area contributed by atoms with Gasteiger partial charge in [-0.1, -0.05) is 74.5 Å². The number of halogens is 1. The van der Waals surface area contributed by atoms with Crippen molar-refractivity contribution < 1.29 is 8.81 Å². The number of furan rings is 1. The molecule has 172 valence electrons. The molecule has 0 saturated heterocycles. The lowest BCUT2D eigenvalue weighted by Crippen LogP contribution is -2.16. The van der Waals surface area contributed by atoms with Crippen LogP contribution in [-0.4, -0.2) is 4.57 Å². The van der Waals surface area contributed by atoms with Crippen LogP contribution in [0.4, 0.5) is 4.39 Å². The maximum absolute atomic E-state index is 14.0. The van der Waals surface area contributed by atoms with Crippen LogP contribution in [0.25, 0.3) is 60.6 Å². The molecule has 0 atom stereocenters. The van der Waals surface area contributed by atoms with Crippen LogP contribution < -0.4 is 0 Å². The normalized spacial score (nSPS) is 14.2. The van der Waals surface area contributed by atoms with Crippen molar-refractivity contribution in [1.82, 2.24) is 4.57 Å². The fraction of sp³-hybridized carbons (Fsp3) is 0.0909. The first-order valence-corrected chi connectivity index (χ1v) is 12.3. The summed E-state index contributed by atoms with van der Waals surface area (Å²) >= 11 is 0. The van der Waals surface area contributed by atoms with Crippen molar-refractivity contribution >= 4 is 43.7 Å². The van der Waals surface area contributed by atoms with Crippen molar-refractivity contribution in [1.29, 1.82) is 0 Å². The Bertz CT molecular complexity index is 2020. The highest BCUT2D eigenvalue weighted by Gasteiger charge is 2.38. The van der Waals surface area contributed by atoms with E-state index in [0.717, 1.165) is 44.0 Å². The summed E-state index contributed by atoms with van der Waals surface area (Å²) in [7, 11) is 0. The van der Waals surface area contributed by atoms with Gasteiger partial charge in [-0.25, -0.2) is 4.39 Å². The van der Waals surface area contributed by atoms with Gasteiger partial charge in [0.15, 0.2) is 5.58 Å². The second-order valence-electron chi connectivity index (χ2n) is 10.3. The highest BCUT2D eigenvalue weighted by Crippen LogP contribution is 2.53. The molecule has 8 rings (SSSR count). The molecule has 0 N–H and O–H groups in total. The first kappa shape index (κ1) is 19.9. The summed E-state index contributed by atoms with van der Waals surface area (Å²) in [6, 6.07) is 32.6. The predicted octanol–water partition coefficient (Wildman–Crippen LogP) is 9.13. The van der Waals surface area contributed by atoms with Crippen LogP contribution in [0.5, 0.6) is 0 Å². The maximum Gasteiger partial charge on any atom is 0.160 e. The van der Waals surface area contributed by atoms with E-state index in [1.165, 1.54) is 39.8 Å². The molecule has 0 fully saturated rings. The van der Waals surface area contributed by atoms with Crippen LogP contribution in [0.3, 0.4) is 0 Å². The van der Waals surface area contributed by atoms with E-state index in [1.807, 2.05) is 30.3 Å². The number of benzene rings is 5. The molecule has 2 heterocycles. The van der Waals surface area contributed by atoms with Gasteiger partial charge in [0.05, 0.1) is 11.0 Å². The molecule has 36 heavy (non-hydrogen) atoms. The summed E-state index contributed by atoms with van der Waals surface area (Å²) in [5.41, 5.74) is 9.80. The fourth-order valence-corrected chi connectivity index (χ4v) is 6.47. The second kappa shape index (κ2) is 6.64. The van der Waals surface area contributed by atoms with Gasteiger partial charge >= 0.3 is 0 Å². The third-order valence-corrected chi connectivity index (χ3v) is 8.04. The van der Waals surface area contributed by atoms with Gasteiger partial charge in [0.2, 0.25) is 0 Å². The van der Waals surface area contributed by atoms with Crippen molar-refractivity contribution in [2.24, 2.45) is 0 Å². The summed E-state index contributed by atoms with van der Waals surface area (Å²) in [5.74, 6) is -0.244. The lowest BCUT2D eigenvalue weighted by molar-refractivity contribution is 0.627. The van der Waals surface area contributed by atoms with Gasteiger partial charge in [0.25, 0.3) is 0 Å². The van der Waals surface area contributed by atoms with Gasteiger partial charge in [0.1, 0.15) is 11.4 Å². The first-order valence-electron chi connectivity index (χ1n) is 12.3. The molecule has 2 nitrogen and oxygen atoms in total. The van der Waals surface area contributed by atoms with Crippen LogP contribution in [0, 0.1) is 5.82 Å². The Morgan fingerprint density at radius 3 is 2.19 bits per heavy atom. The maximum atomic E-state index is 14.0. The zero-order valence-electron chi connectivity index (χ0n) is 20.0. The third kappa shape index (κ3) is 2.35. The smallest absolute Gasteiger partial charge is 0.160 e. The number of para-hydroxylation sites is 1. The molecule has 5 aromatic carbocycles. The van der Waals surface area contributed by atoms with E-state index in [2.05, 4.69) is 73.0 Å². The number of fused-ring (bicyclic) bond motifs is 11. The molecule has 0 amide bonds. The number of hydrogen-bond acceptors (Lipinski definition) is 1. The molecule has 0 spiro atoms. The summed E-state index contributed by atoms with van der Waals surface area (Å²) in [6.45, 7) is 4.61. The monoisotopic (exact) mass is 467 g/mol. The molecule has 7 aromatic rings. The van der Waals surface area contributed by atoms with Crippen molar-refractivity contribution in [2.75, 3.05) is 0 Å². The Morgan fingerprint density at radius 1 is 0.639 bits per heavy atom. The number of rotatable bonds is 1. The van der Waals surface area contributed by atoms with E-state index in [4.69, 9.17) is 4.42 Å². The van der Waals surface area contributed by atoms with E-state index in [1.54, 1.807) is 0 Å². The Labute approximate surface area is 207 Å². The topological polar surface area (TPSA) is 18.1 Å². The molecule has 1 aliphatic carbocycles. The van der Waals surface area contributed by atoms with E-state index in [-0.39, 0.29) is 11.2 Å². The van der Waals surface area contributed by atoms with Gasteiger partial charge in [-0.2, -0.15) is 0 Å². The largest absolute Gasteiger partial charge is 0.454 e. The van der Waals surface area contributed by atoms with Gasteiger partial charge in [-0.3, -0.25) is 0 Å². The summed E-state index contributed by atoms with van der Waals surface area (Å²) < 4.78 is 22.9. The average Bonchev–Trinajstić information content (AvgIpc) is 3.51. The van der Waals surface area contributed by atoms with Crippen LogP contribution in [-0.2, 0) is 5.41 Å². The lowest BCUT2D eigenvalue weighted by atomic mass is 9.81. The third-order valence-electron chi connectivity index (χ3n) is 8.04. The van der Waals surface area contributed by atoms with Crippen molar-refractivity contribution in [3.63, 3.8) is 0 Å². The van der Waals surface area contributed by atoms with Crippen LogP contribution in [0.2, 0.25) is 0 Å². The molecular formula is C33H22FNO. The Morgan fingerprint density at radius 2 is 1.33 bits per heavy atom. The van der Waals surface area contributed by atoms with E-state index >= 15 is 0 Å². The zero-order chi connectivity index (χ0) is 24.2. The molecule has 2 aromatic heterocycles. The molecule has 0 aliphatic heterocycles. The quantitative estimate of drug-likeness (QED) is 0.235. The molecule has 0 unspecified atom stereocenters. The van der Waals surface area contributed by atoms with Gasteiger partial charge in [-0.05, 0) is 58.7 Å². The van der Waals surface area contributed by atoms with Crippen molar-refractivity contribution in [3.05, 3.63) is 114 Å². The Balaban J connectivity index is 1.64. The van der Waals surface area contributed by atoms with Crippen molar-refractivity contribution in [3.8, 4) is 16.8 Å². The number of aromatic nitrogens is 1. The standard InChI is InChI=1S/C33H22FNO/c1-33(2)27-9-5-3-7-21(27)23-15-16-24-25-17-18-26-22-8-4-6-10-28(22)36-32(26)31(25)35(30(24)29(23)33)20-13-11-19(34)12-14-20/h3-18H,1-2H3. The minimum atomic E-state index is -0.244. The van der Waals surface area contributed by atoms with Gasteiger partial charge in [0, 0.05) is 32.6 Å². The zero-order valence-corrected chi connectivity index (χ0v) is 20.0. The van der Waals surface area contributed by atoms with Crippen molar-refractivity contribution in [2.45, 2.75) is 19.3 Å². The molecular weight excluding hydrogens is 445 g/mol. The first-order chi connectivity index (χ1) is 17.5. The molecule has 0 radical (unpaired) electrons. The number of nitrogens with zero attached hydrogens (tertiary/aromatic N) is 1. The molecule has 0 bridgehead atoms. The van der Waals surface area contributed by atoms with E-state index < -0.39 is 0 Å². The minimum absolute atomic E-state index is 0.190. The van der Waals surface area contributed by atoms with Crippen LogP contribution in [0.15, 0.2) is 101 Å². The van der Waals surface area contributed by atoms with E-state index in [0.29, 0.717) is 0 Å². The lowest BCUT2D eigenvalue weighted by Gasteiger charge is -2.23. The van der Waals surface area contributed by atoms with Crippen LogP contribution in [0.1, 0.15) is 25.0 Å². The average molecular weight is 468 g/mol. The van der Waals surface area contributed by atoms with Crippen LogP contribution >= 0.6 is 0 Å². The Kier molecular flexibility index (Phi) is 3.67. The fourth-order valence-electron chi connectivity index (χ4n) is 6.47. The highest BCUT2D eigenvalue weighted by molar-refractivity contribution is 6.22. The minimum Gasteiger partial charge on any atom is -0.454 e. The number of hydrogen-bond donors (Lipinski definition) is 0. The predicted molar refractivity (Wildman–Crippen MR) is 146 cm³/mol. The second-order valence-corrected chi connectivity index (χ2v) is 10.3. The summed E-state index contributed by atoms with van der Waals surface area (Å²) in [4.78, 5) is 0. The Hall–Kier alpha value is -4.37. The SMILES string of the molecule is CC1(C)c2ccccc2-c2ccc3c4ccc5c6ccccc6oc5c4n(-c4ccc(F)cc4)c3c21. The summed E-state index contributed by atoms with van der Waals surface area (Å²) in [6.07, 6.45) is 0. The highest BCUT2D eigenvalue weighted by atomic mass is 19.1. The molecule has 1 aliphatic rings. The van der Waals surface area contributed by atoms with Gasteiger partial charge in [-0.15, -0.1) is 0 Å². The van der Waals surface area contributed by atoms with Gasteiger partial charge < -0.3 is 8.98 Å². The van der Waals surface area contributed by atoms with E-state index in [9.17, 15) is 4.39 Å². The molecule has 3 heteroatoms. The molecule has 0 saturated carbocycles. The summed E-state index contributed by atoms with van der Waals surface area (Å²) in [5, 5.41) is 4.50.